The zero-order valence-corrected chi connectivity index (χ0v) is 10.2. The molecule has 0 fully saturated rings. The first-order chi connectivity index (χ1) is 8.19. The van der Waals surface area contributed by atoms with Crippen molar-refractivity contribution in [3.05, 3.63) is 29.8 Å². The second-order valence-electron chi connectivity index (χ2n) is 3.70. The van der Waals surface area contributed by atoms with Crippen molar-refractivity contribution in [3.63, 3.8) is 0 Å². The van der Waals surface area contributed by atoms with Crippen LogP contribution < -0.4 is 5.32 Å². The number of carbonyl (C=O) groups excluding carboxylic acids is 1. The van der Waals surface area contributed by atoms with Crippen LogP contribution in [0.5, 0.6) is 0 Å². The molecule has 4 nitrogen and oxygen atoms in total. The van der Waals surface area contributed by atoms with Crippen molar-refractivity contribution in [1.29, 1.82) is 5.26 Å². The summed E-state index contributed by atoms with van der Waals surface area (Å²) in [4.78, 5) is 13.7. The van der Waals surface area contributed by atoms with Gasteiger partial charge in [0.25, 0.3) is 0 Å². The molecule has 1 aromatic rings. The number of benzene rings is 1. The number of rotatable bonds is 5. The van der Waals surface area contributed by atoms with Crippen molar-refractivity contribution in [2.45, 2.75) is 13.8 Å². The molecule has 1 aromatic carbocycles. The standard InChI is InChI=1S/C13H17N3O/c1-3-16(4-2)10-13(17)15-12-7-5-11(9-14)6-8-12/h5-8H,3-4,10H2,1-2H3,(H,15,17). The van der Waals surface area contributed by atoms with Gasteiger partial charge in [-0.2, -0.15) is 5.26 Å². The summed E-state index contributed by atoms with van der Waals surface area (Å²) in [5.41, 5.74) is 1.31. The highest BCUT2D eigenvalue weighted by Crippen LogP contribution is 2.08. The normalized spacial score (nSPS) is 10.0. The number of carbonyl (C=O) groups is 1. The van der Waals surface area contributed by atoms with Crippen molar-refractivity contribution >= 4 is 11.6 Å². The summed E-state index contributed by atoms with van der Waals surface area (Å²) >= 11 is 0. The largest absolute Gasteiger partial charge is 0.325 e. The van der Waals surface area contributed by atoms with E-state index in [1.165, 1.54) is 0 Å². The van der Waals surface area contributed by atoms with E-state index in [1.807, 2.05) is 24.8 Å². The fourth-order valence-electron chi connectivity index (χ4n) is 1.48. The van der Waals surface area contributed by atoms with Crippen LogP contribution in [-0.4, -0.2) is 30.4 Å². The number of amides is 1. The summed E-state index contributed by atoms with van der Waals surface area (Å²) in [6, 6.07) is 8.88. The first-order valence-corrected chi connectivity index (χ1v) is 5.72. The van der Waals surface area contributed by atoms with E-state index in [0.29, 0.717) is 12.1 Å². The number of nitrogens with one attached hydrogen (secondary N) is 1. The molecule has 0 aliphatic heterocycles. The maximum Gasteiger partial charge on any atom is 0.238 e. The van der Waals surface area contributed by atoms with Crippen LogP contribution in [0.2, 0.25) is 0 Å². The molecule has 90 valence electrons. The van der Waals surface area contributed by atoms with Crippen LogP contribution in [0.15, 0.2) is 24.3 Å². The molecule has 0 atom stereocenters. The van der Waals surface area contributed by atoms with Gasteiger partial charge in [0, 0.05) is 5.69 Å². The average molecular weight is 231 g/mol. The lowest BCUT2D eigenvalue weighted by Gasteiger charge is -2.17. The van der Waals surface area contributed by atoms with E-state index in [4.69, 9.17) is 5.26 Å². The van der Waals surface area contributed by atoms with E-state index >= 15 is 0 Å². The van der Waals surface area contributed by atoms with Crippen LogP contribution in [0.1, 0.15) is 19.4 Å². The third-order valence-corrected chi connectivity index (χ3v) is 2.56. The summed E-state index contributed by atoms with van der Waals surface area (Å²) in [5, 5.41) is 11.5. The van der Waals surface area contributed by atoms with E-state index < -0.39 is 0 Å². The Morgan fingerprint density at radius 1 is 1.29 bits per heavy atom. The van der Waals surface area contributed by atoms with Crippen molar-refractivity contribution < 1.29 is 4.79 Å². The van der Waals surface area contributed by atoms with E-state index in [0.717, 1.165) is 18.8 Å². The lowest BCUT2D eigenvalue weighted by atomic mass is 10.2. The molecule has 0 saturated heterocycles. The smallest absolute Gasteiger partial charge is 0.238 e. The second kappa shape index (κ2) is 6.66. The highest BCUT2D eigenvalue weighted by atomic mass is 16.2. The van der Waals surface area contributed by atoms with Crippen LogP contribution in [0.4, 0.5) is 5.69 Å². The van der Waals surface area contributed by atoms with Gasteiger partial charge in [-0.3, -0.25) is 9.69 Å². The van der Waals surface area contributed by atoms with Crippen molar-refractivity contribution in [2.24, 2.45) is 0 Å². The Morgan fingerprint density at radius 3 is 2.35 bits per heavy atom. The molecule has 1 N–H and O–H groups in total. The molecule has 4 heteroatoms. The third kappa shape index (κ3) is 4.25. The van der Waals surface area contributed by atoms with Gasteiger partial charge in [-0.15, -0.1) is 0 Å². The van der Waals surface area contributed by atoms with Gasteiger partial charge < -0.3 is 5.32 Å². The molecular formula is C13H17N3O. The van der Waals surface area contributed by atoms with Gasteiger partial charge in [0.1, 0.15) is 0 Å². The molecule has 0 aromatic heterocycles. The van der Waals surface area contributed by atoms with Crippen molar-refractivity contribution in [1.82, 2.24) is 4.90 Å². The Bertz CT molecular complexity index is 402. The predicted octanol–water partition coefficient (Wildman–Crippen LogP) is 1.84. The van der Waals surface area contributed by atoms with Crippen LogP contribution >= 0.6 is 0 Å². The van der Waals surface area contributed by atoms with Crippen LogP contribution in [0.3, 0.4) is 0 Å². The van der Waals surface area contributed by atoms with Crippen LogP contribution in [-0.2, 0) is 4.79 Å². The Kier molecular flexibility index (Phi) is 5.18. The van der Waals surface area contributed by atoms with E-state index in [-0.39, 0.29) is 5.91 Å². The Balaban J connectivity index is 2.53. The van der Waals surface area contributed by atoms with Gasteiger partial charge in [-0.1, -0.05) is 13.8 Å². The van der Waals surface area contributed by atoms with E-state index in [1.54, 1.807) is 24.3 Å². The number of likely N-dealkylation sites (N-methyl/N-ethyl adjacent to an activating group) is 1. The van der Waals surface area contributed by atoms with Gasteiger partial charge in [0.15, 0.2) is 0 Å². The molecule has 1 amide bonds. The second-order valence-corrected chi connectivity index (χ2v) is 3.70. The lowest BCUT2D eigenvalue weighted by Crippen LogP contribution is -2.32. The van der Waals surface area contributed by atoms with Crippen LogP contribution in [0, 0.1) is 11.3 Å². The zero-order valence-electron chi connectivity index (χ0n) is 10.2. The number of hydrogen-bond donors (Lipinski definition) is 1. The predicted molar refractivity (Wildman–Crippen MR) is 67.6 cm³/mol. The topological polar surface area (TPSA) is 56.1 Å². The molecule has 0 aliphatic carbocycles. The van der Waals surface area contributed by atoms with Crippen molar-refractivity contribution in [2.75, 3.05) is 25.0 Å². The molecule has 0 unspecified atom stereocenters. The Morgan fingerprint density at radius 2 is 1.88 bits per heavy atom. The molecule has 0 bridgehead atoms. The quantitative estimate of drug-likeness (QED) is 0.841. The highest BCUT2D eigenvalue weighted by molar-refractivity contribution is 5.92. The van der Waals surface area contributed by atoms with E-state index in [9.17, 15) is 4.79 Å². The molecular weight excluding hydrogens is 214 g/mol. The maximum absolute atomic E-state index is 11.7. The van der Waals surface area contributed by atoms with Crippen molar-refractivity contribution in [3.8, 4) is 6.07 Å². The minimum absolute atomic E-state index is 0.0293. The SMILES string of the molecule is CCN(CC)CC(=O)Nc1ccc(C#N)cc1. The minimum atomic E-state index is -0.0293. The summed E-state index contributed by atoms with van der Waals surface area (Å²) < 4.78 is 0. The first kappa shape index (κ1) is 13.2. The fraction of sp³-hybridized carbons (Fsp3) is 0.385. The minimum Gasteiger partial charge on any atom is -0.325 e. The molecule has 1 rings (SSSR count). The maximum atomic E-state index is 11.7. The van der Waals surface area contributed by atoms with E-state index in [2.05, 4.69) is 5.32 Å². The summed E-state index contributed by atoms with van der Waals surface area (Å²) in [6.45, 7) is 6.17. The summed E-state index contributed by atoms with van der Waals surface area (Å²) in [6.07, 6.45) is 0. The molecule has 0 spiro atoms. The summed E-state index contributed by atoms with van der Waals surface area (Å²) in [7, 11) is 0. The first-order valence-electron chi connectivity index (χ1n) is 5.72. The number of nitriles is 1. The molecule has 0 radical (unpaired) electrons. The van der Waals surface area contributed by atoms with Gasteiger partial charge in [-0.25, -0.2) is 0 Å². The molecule has 17 heavy (non-hydrogen) atoms. The Hall–Kier alpha value is -1.86. The fourth-order valence-corrected chi connectivity index (χ4v) is 1.48. The monoisotopic (exact) mass is 231 g/mol. The molecule has 0 aliphatic rings. The van der Waals surface area contributed by atoms with Gasteiger partial charge >= 0.3 is 0 Å². The summed E-state index contributed by atoms with van der Waals surface area (Å²) in [5.74, 6) is -0.0293. The van der Waals surface area contributed by atoms with Crippen LogP contribution in [0.25, 0.3) is 0 Å². The average Bonchev–Trinajstić information content (AvgIpc) is 2.37. The highest BCUT2D eigenvalue weighted by Gasteiger charge is 2.07. The molecule has 0 saturated carbocycles. The number of anilines is 1. The lowest BCUT2D eigenvalue weighted by molar-refractivity contribution is -0.117. The number of nitrogens with zero attached hydrogens (tertiary/aromatic N) is 2. The van der Waals surface area contributed by atoms with Gasteiger partial charge in [0.05, 0.1) is 18.2 Å². The zero-order chi connectivity index (χ0) is 12.7. The molecule has 0 heterocycles. The van der Waals surface area contributed by atoms with Gasteiger partial charge in [0.2, 0.25) is 5.91 Å². The number of hydrogen-bond acceptors (Lipinski definition) is 3. The Labute approximate surface area is 102 Å². The van der Waals surface area contributed by atoms with Gasteiger partial charge in [-0.05, 0) is 37.4 Å². The third-order valence-electron chi connectivity index (χ3n) is 2.56.